The third-order valence-electron chi connectivity index (χ3n) is 3.00. The van der Waals surface area contributed by atoms with Crippen LogP contribution in [0.2, 0.25) is 0 Å². The van der Waals surface area contributed by atoms with Crippen molar-refractivity contribution in [2.75, 3.05) is 7.11 Å². The summed E-state index contributed by atoms with van der Waals surface area (Å²) in [7, 11) is 1.59. The highest BCUT2D eigenvalue weighted by molar-refractivity contribution is 5.40. The number of aliphatic hydroxyl groups is 1. The van der Waals surface area contributed by atoms with Gasteiger partial charge in [0.1, 0.15) is 23.9 Å². The number of hydrogen-bond acceptors (Lipinski definition) is 5. The van der Waals surface area contributed by atoms with Gasteiger partial charge in [0.15, 0.2) is 0 Å². The molecule has 0 bridgehead atoms. The van der Waals surface area contributed by atoms with Gasteiger partial charge in [-0.2, -0.15) is 0 Å². The molecule has 0 radical (unpaired) electrons. The Bertz CT molecular complexity index is 543. The maximum absolute atomic E-state index is 9.30. The summed E-state index contributed by atoms with van der Waals surface area (Å²) < 4.78 is 16.0. The van der Waals surface area contributed by atoms with Gasteiger partial charge in [-0.25, -0.2) is 0 Å². The molecule has 0 amide bonds. The van der Waals surface area contributed by atoms with E-state index in [-0.39, 0.29) is 6.61 Å². The number of ether oxygens (including phenoxy) is 2. The normalized spacial score (nSPS) is 10.5. The predicted octanol–water partition coefficient (Wildman–Crippen LogP) is 2.37. The summed E-state index contributed by atoms with van der Waals surface area (Å²) in [6, 6.07) is 5.32. The highest BCUT2D eigenvalue weighted by Gasteiger charge is 2.11. The van der Waals surface area contributed by atoms with Crippen molar-refractivity contribution in [3.8, 4) is 11.5 Å². The Hall–Kier alpha value is -2.01. The number of aryl methyl sites for hydroxylation is 2. The van der Waals surface area contributed by atoms with Gasteiger partial charge in [0.2, 0.25) is 0 Å². The monoisotopic (exact) mass is 263 g/mol. The molecule has 102 valence electrons. The number of rotatable bonds is 5. The molecule has 0 aliphatic rings. The predicted molar refractivity (Wildman–Crippen MR) is 69.2 cm³/mol. The number of aliphatic hydroxyl groups excluding tert-OH is 1. The minimum absolute atomic E-state index is 0.0824. The lowest BCUT2D eigenvalue weighted by Crippen LogP contribution is -2.01. The Kier molecular flexibility index (Phi) is 4.06. The molecule has 0 unspecified atom stereocenters. The molecule has 5 nitrogen and oxygen atoms in total. The first-order valence-corrected chi connectivity index (χ1v) is 5.98. The van der Waals surface area contributed by atoms with Gasteiger partial charge in [-0.1, -0.05) is 5.16 Å². The molecule has 1 aromatic carbocycles. The van der Waals surface area contributed by atoms with E-state index in [1.54, 1.807) is 25.3 Å². The van der Waals surface area contributed by atoms with Crippen LogP contribution in [-0.2, 0) is 13.2 Å². The second-order valence-corrected chi connectivity index (χ2v) is 4.22. The van der Waals surface area contributed by atoms with Crippen LogP contribution in [0.15, 0.2) is 22.7 Å². The Morgan fingerprint density at radius 3 is 2.68 bits per heavy atom. The van der Waals surface area contributed by atoms with Crippen LogP contribution >= 0.6 is 0 Å². The van der Waals surface area contributed by atoms with E-state index >= 15 is 0 Å². The molecule has 0 fully saturated rings. The van der Waals surface area contributed by atoms with Crippen molar-refractivity contribution in [1.82, 2.24) is 5.16 Å². The van der Waals surface area contributed by atoms with Gasteiger partial charge >= 0.3 is 0 Å². The number of methoxy groups -OCH3 is 1. The van der Waals surface area contributed by atoms with E-state index in [1.165, 1.54) is 0 Å². The lowest BCUT2D eigenvalue weighted by atomic mass is 10.2. The summed E-state index contributed by atoms with van der Waals surface area (Å²) in [5.74, 6) is 2.03. The van der Waals surface area contributed by atoms with E-state index in [2.05, 4.69) is 5.16 Å². The van der Waals surface area contributed by atoms with Gasteiger partial charge in [-0.05, 0) is 26.0 Å². The summed E-state index contributed by atoms with van der Waals surface area (Å²) in [5, 5.41) is 13.2. The van der Waals surface area contributed by atoms with Crippen LogP contribution < -0.4 is 9.47 Å². The standard InChI is InChI=1S/C14H17NO4/c1-9-13(10(2)19-15-9)8-18-14-6-12(17-3)5-4-11(14)7-16/h4-6,16H,7-8H2,1-3H3. The maximum Gasteiger partial charge on any atom is 0.140 e. The van der Waals surface area contributed by atoms with E-state index < -0.39 is 0 Å². The number of hydrogen-bond donors (Lipinski definition) is 1. The van der Waals surface area contributed by atoms with Crippen molar-refractivity contribution < 1.29 is 19.1 Å². The Balaban J connectivity index is 2.18. The zero-order chi connectivity index (χ0) is 13.8. The van der Waals surface area contributed by atoms with E-state index in [0.29, 0.717) is 23.7 Å². The van der Waals surface area contributed by atoms with E-state index in [0.717, 1.165) is 17.0 Å². The average molecular weight is 263 g/mol. The smallest absolute Gasteiger partial charge is 0.140 e. The fourth-order valence-electron chi connectivity index (χ4n) is 1.78. The zero-order valence-corrected chi connectivity index (χ0v) is 11.3. The van der Waals surface area contributed by atoms with Crippen LogP contribution in [0.3, 0.4) is 0 Å². The number of benzene rings is 1. The molecule has 1 heterocycles. The molecule has 0 spiro atoms. The molecule has 0 atom stereocenters. The molecular formula is C14H17NO4. The van der Waals surface area contributed by atoms with E-state index in [9.17, 15) is 5.11 Å². The van der Waals surface area contributed by atoms with E-state index in [1.807, 2.05) is 13.8 Å². The second-order valence-electron chi connectivity index (χ2n) is 4.22. The van der Waals surface area contributed by atoms with Crippen LogP contribution in [0, 0.1) is 13.8 Å². The Labute approximate surface area is 111 Å². The molecule has 0 aliphatic carbocycles. The first kappa shape index (κ1) is 13.4. The molecule has 1 aromatic heterocycles. The molecule has 19 heavy (non-hydrogen) atoms. The van der Waals surface area contributed by atoms with Gasteiger partial charge < -0.3 is 19.1 Å². The third kappa shape index (κ3) is 2.88. The van der Waals surface area contributed by atoms with Crippen molar-refractivity contribution in [1.29, 1.82) is 0 Å². The molecule has 0 aliphatic heterocycles. The quantitative estimate of drug-likeness (QED) is 0.897. The van der Waals surface area contributed by atoms with E-state index in [4.69, 9.17) is 14.0 Å². The first-order valence-electron chi connectivity index (χ1n) is 5.98. The molecule has 5 heteroatoms. The minimum atomic E-state index is -0.0824. The fraction of sp³-hybridized carbons (Fsp3) is 0.357. The number of nitrogens with zero attached hydrogens (tertiary/aromatic N) is 1. The summed E-state index contributed by atoms with van der Waals surface area (Å²) in [6.07, 6.45) is 0. The van der Waals surface area contributed by atoms with Crippen molar-refractivity contribution in [3.63, 3.8) is 0 Å². The van der Waals surface area contributed by atoms with Gasteiger partial charge in [0.05, 0.1) is 25.0 Å². The topological polar surface area (TPSA) is 64.7 Å². The largest absolute Gasteiger partial charge is 0.497 e. The van der Waals surface area contributed by atoms with Crippen molar-refractivity contribution >= 4 is 0 Å². The molecule has 2 aromatic rings. The first-order chi connectivity index (χ1) is 9.15. The van der Waals surface area contributed by atoms with Crippen molar-refractivity contribution in [3.05, 3.63) is 40.8 Å². The highest BCUT2D eigenvalue weighted by atomic mass is 16.5. The summed E-state index contributed by atoms with van der Waals surface area (Å²) in [5.41, 5.74) is 2.45. The second kappa shape index (κ2) is 5.75. The van der Waals surface area contributed by atoms with Crippen molar-refractivity contribution in [2.24, 2.45) is 0 Å². The van der Waals surface area contributed by atoms with Gasteiger partial charge in [0, 0.05) is 11.6 Å². The summed E-state index contributed by atoms with van der Waals surface area (Å²) in [4.78, 5) is 0. The average Bonchev–Trinajstić information content (AvgIpc) is 2.75. The van der Waals surface area contributed by atoms with Gasteiger partial charge in [-0.3, -0.25) is 0 Å². The molecular weight excluding hydrogens is 246 g/mol. The molecule has 0 saturated carbocycles. The molecule has 0 saturated heterocycles. The lowest BCUT2D eigenvalue weighted by molar-refractivity contribution is 0.257. The van der Waals surface area contributed by atoms with Gasteiger partial charge in [0.25, 0.3) is 0 Å². The molecule has 1 N–H and O–H groups in total. The number of aromatic nitrogens is 1. The minimum Gasteiger partial charge on any atom is -0.497 e. The maximum atomic E-state index is 9.30. The Morgan fingerprint density at radius 1 is 1.32 bits per heavy atom. The summed E-state index contributed by atoms with van der Waals surface area (Å²) >= 11 is 0. The SMILES string of the molecule is COc1ccc(CO)c(OCc2c(C)noc2C)c1. The Morgan fingerprint density at radius 2 is 2.11 bits per heavy atom. The summed E-state index contributed by atoms with van der Waals surface area (Å²) in [6.45, 7) is 3.98. The highest BCUT2D eigenvalue weighted by Crippen LogP contribution is 2.26. The van der Waals surface area contributed by atoms with Gasteiger partial charge in [-0.15, -0.1) is 0 Å². The van der Waals surface area contributed by atoms with Crippen LogP contribution in [0.5, 0.6) is 11.5 Å². The molecule has 2 rings (SSSR count). The lowest BCUT2D eigenvalue weighted by Gasteiger charge is -2.11. The third-order valence-corrected chi connectivity index (χ3v) is 3.00. The van der Waals surface area contributed by atoms with Crippen LogP contribution in [0.25, 0.3) is 0 Å². The van der Waals surface area contributed by atoms with Crippen LogP contribution in [0.4, 0.5) is 0 Å². The van der Waals surface area contributed by atoms with Crippen LogP contribution in [-0.4, -0.2) is 17.4 Å². The fourth-order valence-corrected chi connectivity index (χ4v) is 1.78. The zero-order valence-electron chi connectivity index (χ0n) is 11.3. The van der Waals surface area contributed by atoms with Crippen molar-refractivity contribution in [2.45, 2.75) is 27.1 Å². The van der Waals surface area contributed by atoms with Crippen LogP contribution in [0.1, 0.15) is 22.6 Å².